The summed E-state index contributed by atoms with van der Waals surface area (Å²) in [6.45, 7) is 2.05. The van der Waals surface area contributed by atoms with Crippen molar-refractivity contribution in [1.29, 1.82) is 0 Å². The molecule has 0 aromatic heterocycles. The average molecular weight is 387 g/mol. The molecule has 0 saturated heterocycles. The zero-order chi connectivity index (χ0) is 18.4. The van der Waals surface area contributed by atoms with Gasteiger partial charge in [0.1, 0.15) is 11.6 Å². The Kier molecular flexibility index (Phi) is 6.96. The summed E-state index contributed by atoms with van der Waals surface area (Å²) in [5.41, 5.74) is -0.119. The fraction of sp³-hybridized carbons (Fsp3) is 0.368. The molecule has 2 rings (SSSR count). The lowest BCUT2D eigenvalue weighted by molar-refractivity contribution is 0.537. The van der Waals surface area contributed by atoms with E-state index in [2.05, 4.69) is 0 Å². The number of halogens is 3. The number of unbranched alkanes of at least 4 members (excludes halogenated alkanes) is 3. The normalized spacial score (nSPS) is 13.0. The fourth-order valence-corrected chi connectivity index (χ4v) is 4.75. The summed E-state index contributed by atoms with van der Waals surface area (Å²) in [6.07, 6.45) is 3.69. The molecule has 136 valence electrons. The van der Waals surface area contributed by atoms with E-state index in [0.717, 1.165) is 37.5 Å². The highest BCUT2D eigenvalue weighted by Gasteiger charge is 2.31. The van der Waals surface area contributed by atoms with Gasteiger partial charge in [-0.1, -0.05) is 44.2 Å². The Labute approximate surface area is 152 Å². The minimum Gasteiger partial charge on any atom is -0.223 e. The van der Waals surface area contributed by atoms with Crippen molar-refractivity contribution in [2.75, 3.05) is 0 Å². The van der Waals surface area contributed by atoms with E-state index in [-0.39, 0.29) is 16.9 Å². The number of hydrogen-bond donors (Lipinski definition) is 0. The summed E-state index contributed by atoms with van der Waals surface area (Å²) in [7, 11) is -3.86. The largest absolute Gasteiger partial charge is 0.223 e. The quantitative estimate of drug-likeness (QED) is 0.513. The average Bonchev–Trinajstić information content (AvgIpc) is 2.57. The van der Waals surface area contributed by atoms with Gasteiger partial charge < -0.3 is 0 Å². The molecule has 1 unspecified atom stereocenters. The fourth-order valence-electron chi connectivity index (χ4n) is 2.78. The zero-order valence-electron chi connectivity index (χ0n) is 14.0. The highest BCUT2D eigenvalue weighted by atomic mass is 35.5. The van der Waals surface area contributed by atoms with Gasteiger partial charge in [-0.3, -0.25) is 0 Å². The summed E-state index contributed by atoms with van der Waals surface area (Å²) in [5.74, 6) is -1.36. The molecule has 2 aromatic rings. The van der Waals surface area contributed by atoms with Crippen LogP contribution in [0.2, 0.25) is 5.02 Å². The Bertz CT molecular complexity index is 805. The van der Waals surface area contributed by atoms with Crippen LogP contribution in [0.1, 0.15) is 49.8 Å². The first-order valence-corrected chi connectivity index (χ1v) is 10.2. The van der Waals surface area contributed by atoms with Crippen molar-refractivity contribution in [1.82, 2.24) is 0 Å². The molecule has 0 aliphatic rings. The SMILES string of the molecule is CCCCCCC(c1cc(F)ccc1F)S(=O)(=O)c1ccc(Cl)cc1. The van der Waals surface area contributed by atoms with Crippen molar-refractivity contribution in [3.8, 4) is 0 Å². The highest BCUT2D eigenvalue weighted by Crippen LogP contribution is 2.35. The Hall–Kier alpha value is -1.46. The van der Waals surface area contributed by atoms with E-state index in [1.807, 2.05) is 6.92 Å². The summed E-state index contributed by atoms with van der Waals surface area (Å²) >= 11 is 5.82. The van der Waals surface area contributed by atoms with Crippen molar-refractivity contribution < 1.29 is 17.2 Å². The number of hydrogen-bond acceptors (Lipinski definition) is 2. The van der Waals surface area contributed by atoms with Crippen LogP contribution in [-0.4, -0.2) is 8.42 Å². The molecular weight excluding hydrogens is 366 g/mol. The minimum absolute atomic E-state index is 0.0565. The Balaban J connectivity index is 2.42. The molecule has 0 heterocycles. The van der Waals surface area contributed by atoms with E-state index in [4.69, 9.17) is 11.6 Å². The first kappa shape index (κ1) is 19.9. The van der Waals surface area contributed by atoms with Crippen molar-refractivity contribution in [3.63, 3.8) is 0 Å². The second-order valence-electron chi connectivity index (χ2n) is 6.00. The van der Waals surface area contributed by atoms with Crippen molar-refractivity contribution >= 4 is 21.4 Å². The van der Waals surface area contributed by atoms with Gasteiger partial charge in [-0.15, -0.1) is 0 Å². The topological polar surface area (TPSA) is 34.1 Å². The second kappa shape index (κ2) is 8.77. The lowest BCUT2D eigenvalue weighted by Gasteiger charge is -2.19. The molecule has 6 heteroatoms. The maximum Gasteiger partial charge on any atom is 0.185 e. The van der Waals surface area contributed by atoms with Crippen molar-refractivity contribution in [3.05, 3.63) is 64.7 Å². The Morgan fingerprint density at radius 2 is 1.68 bits per heavy atom. The van der Waals surface area contributed by atoms with Crippen molar-refractivity contribution in [2.24, 2.45) is 0 Å². The third-order valence-electron chi connectivity index (χ3n) is 4.14. The predicted octanol–water partition coefficient (Wildman–Crippen LogP) is 6.10. The Morgan fingerprint density at radius 3 is 2.32 bits per heavy atom. The molecule has 0 radical (unpaired) electrons. The maximum atomic E-state index is 14.3. The molecular formula is C19H21ClF2O2S. The van der Waals surface area contributed by atoms with Gasteiger partial charge in [0.15, 0.2) is 9.84 Å². The standard InChI is InChI=1S/C19H21ClF2O2S/c1-2-3-4-5-6-19(17-13-15(21)9-12-18(17)22)25(23,24)16-10-7-14(20)8-11-16/h7-13,19H,2-6H2,1H3. The van der Waals surface area contributed by atoms with Gasteiger partial charge in [-0.2, -0.15) is 0 Å². The van der Waals surface area contributed by atoms with Crippen molar-refractivity contribution in [2.45, 2.75) is 49.2 Å². The van der Waals surface area contributed by atoms with Gasteiger partial charge in [0.2, 0.25) is 0 Å². The lowest BCUT2D eigenvalue weighted by Crippen LogP contribution is -2.16. The molecule has 25 heavy (non-hydrogen) atoms. The lowest BCUT2D eigenvalue weighted by atomic mass is 10.0. The van der Waals surface area contributed by atoms with E-state index >= 15 is 0 Å². The molecule has 0 aliphatic carbocycles. The first-order chi connectivity index (χ1) is 11.9. The molecule has 1 atom stereocenters. The Morgan fingerprint density at radius 1 is 1.00 bits per heavy atom. The molecule has 0 amide bonds. The van der Waals surface area contributed by atoms with Crippen LogP contribution in [0.3, 0.4) is 0 Å². The maximum absolute atomic E-state index is 14.3. The van der Waals surface area contributed by atoms with Crippen LogP contribution in [0.25, 0.3) is 0 Å². The number of benzene rings is 2. The smallest absolute Gasteiger partial charge is 0.185 e. The molecule has 2 nitrogen and oxygen atoms in total. The van der Waals surface area contributed by atoms with Gasteiger partial charge in [0, 0.05) is 10.6 Å². The summed E-state index contributed by atoms with van der Waals surface area (Å²) in [5, 5.41) is -0.711. The molecule has 0 aliphatic heterocycles. The van der Waals surface area contributed by atoms with Gasteiger partial charge in [0.25, 0.3) is 0 Å². The molecule has 0 spiro atoms. The van der Waals surface area contributed by atoms with Crippen LogP contribution < -0.4 is 0 Å². The van der Waals surface area contributed by atoms with Crippen LogP contribution in [0, 0.1) is 11.6 Å². The summed E-state index contributed by atoms with van der Waals surface area (Å²) < 4.78 is 53.9. The van der Waals surface area contributed by atoms with E-state index in [1.165, 1.54) is 24.3 Å². The van der Waals surface area contributed by atoms with Crippen LogP contribution in [-0.2, 0) is 9.84 Å². The molecule has 0 fully saturated rings. The van der Waals surface area contributed by atoms with E-state index in [0.29, 0.717) is 11.4 Å². The molecule has 2 aromatic carbocycles. The van der Waals surface area contributed by atoms with E-state index in [9.17, 15) is 17.2 Å². The van der Waals surface area contributed by atoms with Crippen LogP contribution in [0.4, 0.5) is 8.78 Å². The van der Waals surface area contributed by atoms with E-state index < -0.39 is 26.7 Å². The van der Waals surface area contributed by atoms with Gasteiger partial charge in [-0.25, -0.2) is 17.2 Å². The number of rotatable bonds is 8. The van der Waals surface area contributed by atoms with Gasteiger partial charge >= 0.3 is 0 Å². The predicted molar refractivity (Wildman–Crippen MR) is 96.5 cm³/mol. The highest BCUT2D eigenvalue weighted by molar-refractivity contribution is 7.91. The van der Waals surface area contributed by atoms with Gasteiger partial charge in [0.05, 0.1) is 10.1 Å². The molecule has 0 N–H and O–H groups in total. The monoisotopic (exact) mass is 386 g/mol. The first-order valence-electron chi connectivity index (χ1n) is 8.30. The van der Waals surface area contributed by atoms with Gasteiger partial charge in [-0.05, 0) is 48.9 Å². The third kappa shape index (κ3) is 5.02. The summed E-state index contributed by atoms with van der Waals surface area (Å²) in [4.78, 5) is 0.0565. The summed E-state index contributed by atoms with van der Waals surface area (Å²) in [6, 6.07) is 8.69. The van der Waals surface area contributed by atoms with Crippen LogP contribution >= 0.6 is 11.6 Å². The number of sulfone groups is 1. The minimum atomic E-state index is -3.86. The third-order valence-corrected chi connectivity index (χ3v) is 6.56. The van der Waals surface area contributed by atoms with E-state index in [1.54, 1.807) is 0 Å². The van der Waals surface area contributed by atoms with Crippen LogP contribution in [0.5, 0.6) is 0 Å². The zero-order valence-corrected chi connectivity index (χ0v) is 15.6. The second-order valence-corrected chi connectivity index (χ2v) is 8.57. The molecule has 0 bridgehead atoms. The van der Waals surface area contributed by atoms with Crippen LogP contribution in [0.15, 0.2) is 47.4 Å². The molecule has 0 saturated carbocycles.